The molecule has 0 saturated carbocycles. The second-order valence-electron chi connectivity index (χ2n) is 5.38. The Hall–Kier alpha value is -1.55. The second kappa shape index (κ2) is 6.06. The first kappa shape index (κ1) is 13.9. The smallest absolute Gasteiger partial charge is 0.238 e. The summed E-state index contributed by atoms with van der Waals surface area (Å²) < 4.78 is 0. The molecule has 104 valence electrons. The molecule has 0 radical (unpaired) electrons. The fraction of sp³-hybridized carbons (Fsp3) is 0.533. The Morgan fingerprint density at radius 1 is 1.47 bits per heavy atom. The van der Waals surface area contributed by atoms with Gasteiger partial charge in [-0.25, -0.2) is 0 Å². The lowest BCUT2D eigenvalue weighted by atomic mass is 10.0. The number of amides is 1. The molecular weight excluding hydrogens is 238 g/mol. The minimum Gasteiger partial charge on any atom is -0.398 e. The lowest BCUT2D eigenvalue weighted by Gasteiger charge is -2.32. The molecule has 1 aromatic carbocycles. The van der Waals surface area contributed by atoms with Crippen LogP contribution in [0.3, 0.4) is 0 Å². The van der Waals surface area contributed by atoms with E-state index in [2.05, 4.69) is 17.1 Å². The summed E-state index contributed by atoms with van der Waals surface area (Å²) in [5.41, 5.74) is 8.30. The number of hydrogen-bond acceptors (Lipinski definition) is 3. The zero-order valence-corrected chi connectivity index (χ0v) is 11.8. The standard InChI is InChI=1S/C15H23N3O/c1-11-6-3-4-9-18(11)10-15(19)17-14-8-5-7-13(16)12(14)2/h5,7-8,11H,3-4,6,9-10,16H2,1-2H3,(H,17,19). The number of hydrogen-bond donors (Lipinski definition) is 2. The molecule has 1 saturated heterocycles. The Kier molecular flexibility index (Phi) is 4.43. The quantitative estimate of drug-likeness (QED) is 0.821. The van der Waals surface area contributed by atoms with Crippen LogP contribution in [-0.4, -0.2) is 29.9 Å². The molecule has 4 nitrogen and oxygen atoms in total. The number of nitrogens with one attached hydrogen (secondary N) is 1. The molecule has 0 bridgehead atoms. The number of piperidine rings is 1. The Morgan fingerprint density at radius 3 is 3.00 bits per heavy atom. The maximum Gasteiger partial charge on any atom is 0.238 e. The summed E-state index contributed by atoms with van der Waals surface area (Å²) in [6.45, 7) is 5.60. The summed E-state index contributed by atoms with van der Waals surface area (Å²) in [6, 6.07) is 6.10. The lowest BCUT2D eigenvalue weighted by molar-refractivity contribution is -0.118. The van der Waals surface area contributed by atoms with E-state index in [1.165, 1.54) is 19.3 Å². The number of anilines is 2. The maximum absolute atomic E-state index is 12.1. The normalized spacial score (nSPS) is 20.2. The number of likely N-dealkylation sites (tertiary alicyclic amines) is 1. The number of carbonyl (C=O) groups excluding carboxylic acids is 1. The van der Waals surface area contributed by atoms with E-state index >= 15 is 0 Å². The van der Waals surface area contributed by atoms with Gasteiger partial charge < -0.3 is 11.1 Å². The van der Waals surface area contributed by atoms with Gasteiger partial charge in [-0.05, 0) is 50.9 Å². The van der Waals surface area contributed by atoms with E-state index < -0.39 is 0 Å². The molecule has 19 heavy (non-hydrogen) atoms. The largest absolute Gasteiger partial charge is 0.398 e. The van der Waals surface area contributed by atoms with Crippen molar-refractivity contribution in [2.75, 3.05) is 24.1 Å². The van der Waals surface area contributed by atoms with E-state index in [1.807, 2.05) is 25.1 Å². The highest BCUT2D eigenvalue weighted by molar-refractivity contribution is 5.93. The van der Waals surface area contributed by atoms with Gasteiger partial charge in [0.15, 0.2) is 0 Å². The SMILES string of the molecule is Cc1c(N)cccc1NC(=O)CN1CCCCC1C. The number of nitrogens with zero attached hydrogens (tertiary/aromatic N) is 1. The van der Waals surface area contributed by atoms with Crippen molar-refractivity contribution in [1.82, 2.24) is 4.90 Å². The molecule has 0 aromatic heterocycles. The van der Waals surface area contributed by atoms with Crippen LogP contribution in [0.15, 0.2) is 18.2 Å². The van der Waals surface area contributed by atoms with Crippen molar-refractivity contribution in [3.05, 3.63) is 23.8 Å². The zero-order chi connectivity index (χ0) is 13.8. The minimum absolute atomic E-state index is 0.0439. The molecule has 4 heteroatoms. The Bertz CT molecular complexity index is 459. The molecule has 1 aliphatic heterocycles. The average Bonchev–Trinajstić information content (AvgIpc) is 2.38. The van der Waals surface area contributed by atoms with Crippen molar-refractivity contribution < 1.29 is 4.79 Å². The third kappa shape index (κ3) is 3.47. The first-order valence-corrected chi connectivity index (χ1v) is 6.97. The van der Waals surface area contributed by atoms with E-state index in [0.717, 1.165) is 17.8 Å². The molecule has 1 amide bonds. The molecular formula is C15H23N3O. The van der Waals surface area contributed by atoms with E-state index in [-0.39, 0.29) is 5.91 Å². The number of nitrogens with two attached hydrogens (primary N) is 1. The third-order valence-corrected chi connectivity index (χ3v) is 3.94. The summed E-state index contributed by atoms with van der Waals surface area (Å²) in [6.07, 6.45) is 3.65. The average molecular weight is 261 g/mol. The van der Waals surface area contributed by atoms with Crippen molar-refractivity contribution in [2.24, 2.45) is 0 Å². The first-order valence-electron chi connectivity index (χ1n) is 6.97. The molecule has 0 aliphatic carbocycles. The molecule has 1 unspecified atom stereocenters. The van der Waals surface area contributed by atoms with Crippen LogP contribution in [0, 0.1) is 6.92 Å². The summed E-state index contributed by atoms with van der Waals surface area (Å²) >= 11 is 0. The fourth-order valence-corrected chi connectivity index (χ4v) is 2.56. The van der Waals surface area contributed by atoms with Crippen molar-refractivity contribution in [3.8, 4) is 0 Å². The molecule has 2 rings (SSSR count). The number of nitrogen functional groups attached to an aromatic ring is 1. The van der Waals surface area contributed by atoms with Crippen molar-refractivity contribution in [3.63, 3.8) is 0 Å². The first-order chi connectivity index (χ1) is 9.08. The van der Waals surface area contributed by atoms with Crippen molar-refractivity contribution in [2.45, 2.75) is 39.2 Å². The Balaban J connectivity index is 1.95. The van der Waals surface area contributed by atoms with Gasteiger partial charge in [0.2, 0.25) is 5.91 Å². The lowest BCUT2D eigenvalue weighted by Crippen LogP contribution is -2.42. The molecule has 0 spiro atoms. The van der Waals surface area contributed by atoms with Crippen LogP contribution in [-0.2, 0) is 4.79 Å². The van der Waals surface area contributed by atoms with Crippen molar-refractivity contribution >= 4 is 17.3 Å². The van der Waals surface area contributed by atoms with Crippen LogP contribution < -0.4 is 11.1 Å². The highest BCUT2D eigenvalue weighted by Gasteiger charge is 2.20. The van der Waals surface area contributed by atoms with Gasteiger partial charge in [0, 0.05) is 17.4 Å². The maximum atomic E-state index is 12.1. The van der Waals surface area contributed by atoms with Gasteiger partial charge >= 0.3 is 0 Å². The molecule has 3 N–H and O–H groups in total. The summed E-state index contributed by atoms with van der Waals surface area (Å²) in [5, 5.41) is 2.96. The topological polar surface area (TPSA) is 58.4 Å². The third-order valence-electron chi connectivity index (χ3n) is 3.94. The van der Waals surface area contributed by atoms with Crippen LogP contribution in [0.5, 0.6) is 0 Å². The van der Waals surface area contributed by atoms with Crippen LogP contribution in [0.25, 0.3) is 0 Å². The highest BCUT2D eigenvalue weighted by Crippen LogP contribution is 2.21. The van der Waals surface area contributed by atoms with Gasteiger partial charge in [0.25, 0.3) is 0 Å². The van der Waals surface area contributed by atoms with E-state index in [1.54, 1.807) is 0 Å². The number of rotatable bonds is 3. The van der Waals surface area contributed by atoms with Gasteiger partial charge in [-0.1, -0.05) is 12.5 Å². The fourth-order valence-electron chi connectivity index (χ4n) is 2.56. The molecule has 1 atom stereocenters. The monoisotopic (exact) mass is 261 g/mol. The predicted octanol–water partition coefficient (Wildman–Crippen LogP) is 2.39. The van der Waals surface area contributed by atoms with Crippen LogP contribution >= 0.6 is 0 Å². The van der Waals surface area contributed by atoms with Crippen molar-refractivity contribution in [1.29, 1.82) is 0 Å². The number of carbonyl (C=O) groups is 1. The highest BCUT2D eigenvalue weighted by atomic mass is 16.2. The second-order valence-corrected chi connectivity index (χ2v) is 5.38. The Labute approximate surface area is 115 Å². The molecule has 1 heterocycles. The van der Waals surface area contributed by atoms with Gasteiger partial charge in [-0.3, -0.25) is 9.69 Å². The molecule has 1 aromatic rings. The van der Waals surface area contributed by atoms with Gasteiger partial charge in [0.05, 0.1) is 6.54 Å². The Morgan fingerprint density at radius 2 is 2.26 bits per heavy atom. The van der Waals surface area contributed by atoms with Gasteiger partial charge in [0.1, 0.15) is 0 Å². The van der Waals surface area contributed by atoms with Crippen LogP contribution in [0.1, 0.15) is 31.7 Å². The zero-order valence-electron chi connectivity index (χ0n) is 11.8. The molecule has 1 aliphatic rings. The van der Waals surface area contributed by atoms with Gasteiger partial charge in [-0.15, -0.1) is 0 Å². The molecule has 1 fully saturated rings. The van der Waals surface area contributed by atoms with Crippen LogP contribution in [0.4, 0.5) is 11.4 Å². The summed E-state index contributed by atoms with van der Waals surface area (Å²) in [7, 11) is 0. The van der Waals surface area contributed by atoms with E-state index in [4.69, 9.17) is 5.73 Å². The summed E-state index contributed by atoms with van der Waals surface area (Å²) in [4.78, 5) is 14.3. The number of benzene rings is 1. The predicted molar refractivity (Wildman–Crippen MR) is 79.1 cm³/mol. The van der Waals surface area contributed by atoms with Crippen LogP contribution in [0.2, 0.25) is 0 Å². The minimum atomic E-state index is 0.0439. The van der Waals surface area contributed by atoms with E-state index in [9.17, 15) is 4.79 Å². The van der Waals surface area contributed by atoms with Gasteiger partial charge in [-0.2, -0.15) is 0 Å². The van der Waals surface area contributed by atoms with E-state index in [0.29, 0.717) is 18.3 Å². The summed E-state index contributed by atoms with van der Waals surface area (Å²) in [5.74, 6) is 0.0439.